The Morgan fingerprint density at radius 1 is 0.880 bits per heavy atom. The van der Waals surface area contributed by atoms with E-state index in [9.17, 15) is 18.0 Å². The van der Waals surface area contributed by atoms with Crippen LogP contribution in [0.5, 0.6) is 5.75 Å². The number of amides is 2. The molecule has 0 radical (unpaired) electrons. The Bertz CT molecular complexity index is 1810. The predicted octanol–water partition coefficient (Wildman–Crippen LogP) is 7.40. The number of aryl methyl sites for hydroxylation is 1. The number of sulfonamides is 1. The summed E-state index contributed by atoms with van der Waals surface area (Å²) < 4.78 is 35.6. The van der Waals surface area contributed by atoms with E-state index in [4.69, 9.17) is 4.74 Å². The zero-order valence-electron chi connectivity index (χ0n) is 29.1. The third kappa shape index (κ3) is 9.69. The summed E-state index contributed by atoms with van der Waals surface area (Å²) in [6, 6.07) is 30.0. The van der Waals surface area contributed by atoms with Crippen molar-refractivity contribution in [3.05, 3.63) is 120 Å². The van der Waals surface area contributed by atoms with Crippen molar-refractivity contribution in [1.29, 1.82) is 0 Å². The van der Waals surface area contributed by atoms with E-state index >= 15 is 0 Å². The molecule has 50 heavy (non-hydrogen) atoms. The quantitative estimate of drug-likeness (QED) is 0.129. The fourth-order valence-corrected chi connectivity index (χ4v) is 8.21. The number of nitrogens with zero attached hydrogens (tertiary/aromatic N) is 2. The number of anilines is 1. The smallest absolute Gasteiger partial charge is 0.264 e. The lowest BCUT2D eigenvalue weighted by molar-refractivity contribution is -0.140. The summed E-state index contributed by atoms with van der Waals surface area (Å²) in [7, 11) is -4.20. The Balaban J connectivity index is 1.56. The summed E-state index contributed by atoms with van der Waals surface area (Å²) in [4.78, 5) is 31.7. The van der Waals surface area contributed by atoms with Crippen molar-refractivity contribution in [2.45, 2.75) is 80.8 Å². The molecule has 1 atom stereocenters. The summed E-state index contributed by atoms with van der Waals surface area (Å²) in [6.45, 7) is 3.95. The lowest BCUT2D eigenvalue weighted by Crippen LogP contribution is -2.55. The number of hydrogen-bond acceptors (Lipinski definition) is 6. The van der Waals surface area contributed by atoms with Crippen LogP contribution in [-0.2, 0) is 32.6 Å². The van der Waals surface area contributed by atoms with Crippen molar-refractivity contribution in [3.8, 4) is 5.75 Å². The van der Waals surface area contributed by atoms with E-state index in [0.29, 0.717) is 18.0 Å². The molecule has 1 saturated carbocycles. The molecule has 0 aromatic heterocycles. The molecule has 1 aliphatic rings. The third-order valence-electron chi connectivity index (χ3n) is 9.02. The number of rotatable bonds is 15. The van der Waals surface area contributed by atoms with Crippen LogP contribution in [0.2, 0.25) is 0 Å². The Labute approximate surface area is 301 Å². The summed E-state index contributed by atoms with van der Waals surface area (Å²) in [5, 5.41) is 3.26. The van der Waals surface area contributed by atoms with Gasteiger partial charge in [0.25, 0.3) is 10.0 Å². The monoisotopic (exact) mass is 713 g/mol. The van der Waals surface area contributed by atoms with Gasteiger partial charge in [0.05, 0.1) is 17.2 Å². The van der Waals surface area contributed by atoms with Gasteiger partial charge in [0.1, 0.15) is 18.3 Å². The first-order chi connectivity index (χ1) is 24.2. The molecule has 2 amide bonds. The molecule has 8 nitrogen and oxygen atoms in total. The van der Waals surface area contributed by atoms with Gasteiger partial charge >= 0.3 is 0 Å². The van der Waals surface area contributed by atoms with Crippen LogP contribution in [-0.4, -0.2) is 56.6 Å². The number of hydrogen-bond donors (Lipinski definition) is 1. The standard InChI is InChI=1S/C40H47N3O5S2/c1-4-48-35-20-18-34(19-21-35)43(50(46,47)37-24-22-36(49-3)23-25-37)29-39(44)42(28-32-15-11-12-30(2)26-32)38(27-31-13-7-5-8-14-31)40(45)41-33-16-9-6-10-17-33/h5,7-8,11-15,18-26,33,38H,4,6,9-10,16-17,27-29H2,1-3H3,(H,41,45)/t38-/m0/s1. The second-order valence-corrected chi connectivity index (χ2v) is 15.4. The van der Waals surface area contributed by atoms with Gasteiger partial charge in [-0.3, -0.25) is 13.9 Å². The summed E-state index contributed by atoms with van der Waals surface area (Å²) >= 11 is 1.51. The molecule has 0 bridgehead atoms. The molecule has 0 heterocycles. The molecule has 0 aliphatic heterocycles. The highest BCUT2D eigenvalue weighted by Crippen LogP contribution is 2.28. The fourth-order valence-electron chi connectivity index (χ4n) is 6.38. The molecular weight excluding hydrogens is 667 g/mol. The molecule has 1 fully saturated rings. The number of benzene rings is 4. The zero-order valence-corrected chi connectivity index (χ0v) is 30.7. The van der Waals surface area contributed by atoms with Gasteiger partial charge < -0.3 is 15.0 Å². The molecule has 1 N–H and O–H groups in total. The molecule has 0 spiro atoms. The lowest BCUT2D eigenvalue weighted by Gasteiger charge is -2.35. The van der Waals surface area contributed by atoms with Crippen LogP contribution >= 0.6 is 11.8 Å². The van der Waals surface area contributed by atoms with Crippen LogP contribution in [0.3, 0.4) is 0 Å². The van der Waals surface area contributed by atoms with Crippen LogP contribution in [0.1, 0.15) is 55.7 Å². The van der Waals surface area contributed by atoms with E-state index in [1.165, 1.54) is 11.8 Å². The van der Waals surface area contributed by atoms with E-state index in [2.05, 4.69) is 5.32 Å². The first kappa shape index (κ1) is 37.0. The number of carbonyl (C=O) groups excluding carboxylic acids is 2. The topological polar surface area (TPSA) is 96.0 Å². The minimum Gasteiger partial charge on any atom is -0.494 e. The maximum absolute atomic E-state index is 14.8. The average molecular weight is 714 g/mol. The SMILES string of the molecule is CCOc1ccc(N(CC(=O)N(Cc2cccc(C)c2)[C@@H](Cc2ccccc2)C(=O)NC2CCCCC2)S(=O)(=O)c2ccc(SC)cc2)cc1. The number of carbonyl (C=O) groups is 2. The summed E-state index contributed by atoms with van der Waals surface area (Å²) in [6.07, 6.45) is 7.24. The second kappa shape index (κ2) is 17.6. The van der Waals surface area contributed by atoms with Crippen molar-refractivity contribution < 1.29 is 22.7 Å². The van der Waals surface area contributed by atoms with Crippen molar-refractivity contribution in [1.82, 2.24) is 10.2 Å². The molecule has 5 rings (SSSR count). The highest BCUT2D eigenvalue weighted by Gasteiger charge is 2.35. The van der Waals surface area contributed by atoms with Crippen molar-refractivity contribution in [2.24, 2.45) is 0 Å². The van der Waals surface area contributed by atoms with E-state index in [-0.39, 0.29) is 29.8 Å². The van der Waals surface area contributed by atoms with E-state index in [1.807, 2.05) is 74.7 Å². The number of thioether (sulfide) groups is 1. The van der Waals surface area contributed by atoms with Gasteiger partial charge in [-0.2, -0.15) is 0 Å². The minimum absolute atomic E-state index is 0.0374. The van der Waals surface area contributed by atoms with Crippen molar-refractivity contribution in [3.63, 3.8) is 0 Å². The van der Waals surface area contributed by atoms with Gasteiger partial charge in [0.15, 0.2) is 0 Å². The van der Waals surface area contributed by atoms with Crippen LogP contribution in [0.4, 0.5) is 5.69 Å². The first-order valence-electron chi connectivity index (χ1n) is 17.3. The molecule has 4 aromatic rings. The van der Waals surface area contributed by atoms with Gasteiger partial charge in [0.2, 0.25) is 11.8 Å². The number of ether oxygens (including phenoxy) is 1. The molecule has 264 valence electrons. The van der Waals surface area contributed by atoms with Crippen LogP contribution < -0.4 is 14.4 Å². The van der Waals surface area contributed by atoms with E-state index in [1.54, 1.807) is 53.4 Å². The van der Waals surface area contributed by atoms with Gasteiger partial charge in [-0.15, -0.1) is 11.8 Å². The molecule has 1 aliphatic carbocycles. The normalized spacial score (nSPS) is 14.1. The minimum atomic E-state index is -4.20. The van der Waals surface area contributed by atoms with Crippen LogP contribution in [0.25, 0.3) is 0 Å². The Hall–Kier alpha value is -4.28. The van der Waals surface area contributed by atoms with Gasteiger partial charge in [-0.1, -0.05) is 79.4 Å². The summed E-state index contributed by atoms with van der Waals surface area (Å²) in [5.41, 5.74) is 3.10. The van der Waals surface area contributed by atoms with Crippen LogP contribution in [0, 0.1) is 6.92 Å². The Kier molecular flexibility index (Phi) is 13.0. The molecule has 10 heteroatoms. The Morgan fingerprint density at radius 2 is 1.56 bits per heavy atom. The van der Waals surface area contributed by atoms with Gasteiger partial charge in [0, 0.05) is 23.9 Å². The second-order valence-electron chi connectivity index (χ2n) is 12.7. The van der Waals surface area contributed by atoms with E-state index in [0.717, 1.165) is 58.0 Å². The maximum atomic E-state index is 14.8. The summed E-state index contributed by atoms with van der Waals surface area (Å²) in [5.74, 6) is -0.123. The van der Waals surface area contributed by atoms with Crippen LogP contribution in [0.15, 0.2) is 113 Å². The maximum Gasteiger partial charge on any atom is 0.264 e. The van der Waals surface area contributed by atoms with Gasteiger partial charge in [-0.05, 0) is 92.6 Å². The third-order valence-corrected chi connectivity index (χ3v) is 11.6. The molecular formula is C40H47N3O5S2. The van der Waals surface area contributed by atoms with Gasteiger partial charge in [-0.25, -0.2) is 8.42 Å². The molecule has 0 saturated heterocycles. The van der Waals surface area contributed by atoms with Crippen molar-refractivity contribution in [2.75, 3.05) is 23.7 Å². The zero-order chi connectivity index (χ0) is 35.5. The van der Waals surface area contributed by atoms with Crippen molar-refractivity contribution >= 4 is 39.3 Å². The van der Waals surface area contributed by atoms with E-state index < -0.39 is 28.5 Å². The largest absolute Gasteiger partial charge is 0.494 e. The first-order valence-corrected chi connectivity index (χ1v) is 19.9. The highest BCUT2D eigenvalue weighted by molar-refractivity contribution is 7.98. The molecule has 0 unspecified atom stereocenters. The predicted molar refractivity (Wildman–Crippen MR) is 201 cm³/mol. The lowest BCUT2D eigenvalue weighted by atomic mass is 9.94. The number of nitrogens with one attached hydrogen (secondary N) is 1. The highest BCUT2D eigenvalue weighted by atomic mass is 32.2. The molecule has 4 aromatic carbocycles. The average Bonchev–Trinajstić information content (AvgIpc) is 3.13. The Morgan fingerprint density at radius 3 is 2.20 bits per heavy atom. The fraction of sp³-hybridized carbons (Fsp3) is 0.350.